The third-order valence-corrected chi connectivity index (χ3v) is 3.95. The van der Waals surface area contributed by atoms with Crippen LogP contribution in [-0.2, 0) is 0 Å². The zero-order chi connectivity index (χ0) is 12.0. The van der Waals surface area contributed by atoms with Crippen LogP contribution in [-0.4, -0.2) is 0 Å². The smallest absolute Gasteiger partial charge is 0.0206 e. The first kappa shape index (κ1) is 14.7. The first-order chi connectivity index (χ1) is 6.90. The fourth-order valence-corrected chi connectivity index (χ4v) is 1.87. The zero-order valence-electron chi connectivity index (χ0n) is 11.9. The molecule has 0 aliphatic rings. The maximum Gasteiger partial charge on any atom is -0.0206 e. The standard InChI is InChI=1S/C15H30/c1-8-12(4)14(6)15(7)13(5)10-9-11(2)3/h11-12,14H,8-10H2,1-7H3. The van der Waals surface area contributed by atoms with Gasteiger partial charge in [-0.15, -0.1) is 0 Å². The molecule has 0 aromatic carbocycles. The van der Waals surface area contributed by atoms with Gasteiger partial charge in [0, 0.05) is 0 Å². The molecule has 0 saturated carbocycles. The normalized spacial score (nSPS) is 17.6. The van der Waals surface area contributed by atoms with Gasteiger partial charge in [0.2, 0.25) is 0 Å². The van der Waals surface area contributed by atoms with Crippen molar-refractivity contribution in [2.45, 2.75) is 67.7 Å². The molecule has 0 aromatic heterocycles. The van der Waals surface area contributed by atoms with E-state index in [0.29, 0.717) is 0 Å². The molecule has 0 nitrogen and oxygen atoms in total. The molecule has 0 aliphatic heterocycles. The van der Waals surface area contributed by atoms with Gasteiger partial charge in [-0.1, -0.05) is 52.2 Å². The second kappa shape index (κ2) is 7.09. The lowest BCUT2D eigenvalue weighted by Crippen LogP contribution is -2.09. The average molecular weight is 210 g/mol. The highest BCUT2D eigenvalue weighted by Gasteiger charge is 2.13. The van der Waals surface area contributed by atoms with Crippen molar-refractivity contribution in [3.63, 3.8) is 0 Å². The van der Waals surface area contributed by atoms with E-state index in [1.54, 1.807) is 11.1 Å². The molecular weight excluding hydrogens is 180 g/mol. The second-order valence-corrected chi connectivity index (χ2v) is 5.57. The van der Waals surface area contributed by atoms with Crippen LogP contribution >= 0.6 is 0 Å². The minimum atomic E-state index is 0.752. The fourth-order valence-electron chi connectivity index (χ4n) is 1.87. The fraction of sp³-hybridized carbons (Fsp3) is 0.867. The van der Waals surface area contributed by atoms with Gasteiger partial charge in [0.05, 0.1) is 0 Å². The summed E-state index contributed by atoms with van der Waals surface area (Å²) < 4.78 is 0. The van der Waals surface area contributed by atoms with E-state index in [9.17, 15) is 0 Å². The Bertz CT molecular complexity index is 198. The van der Waals surface area contributed by atoms with Crippen LogP contribution < -0.4 is 0 Å². The molecule has 0 radical (unpaired) electrons. The Morgan fingerprint density at radius 3 is 1.93 bits per heavy atom. The topological polar surface area (TPSA) is 0 Å². The molecular formula is C15H30. The number of hydrogen-bond donors (Lipinski definition) is 0. The Morgan fingerprint density at radius 1 is 1.00 bits per heavy atom. The summed E-state index contributed by atoms with van der Waals surface area (Å²) in [5.74, 6) is 2.40. The van der Waals surface area contributed by atoms with E-state index >= 15 is 0 Å². The minimum absolute atomic E-state index is 0.752. The van der Waals surface area contributed by atoms with Crippen molar-refractivity contribution < 1.29 is 0 Å². The number of allylic oxidation sites excluding steroid dienone is 2. The van der Waals surface area contributed by atoms with Crippen LogP contribution in [0.5, 0.6) is 0 Å². The Labute approximate surface area is 97.2 Å². The van der Waals surface area contributed by atoms with Gasteiger partial charge in [0.15, 0.2) is 0 Å². The van der Waals surface area contributed by atoms with Crippen LogP contribution in [0.1, 0.15) is 67.7 Å². The van der Waals surface area contributed by atoms with Gasteiger partial charge in [-0.25, -0.2) is 0 Å². The first-order valence-corrected chi connectivity index (χ1v) is 6.56. The molecule has 0 fully saturated rings. The van der Waals surface area contributed by atoms with Crippen molar-refractivity contribution in [1.82, 2.24) is 0 Å². The van der Waals surface area contributed by atoms with Crippen LogP contribution in [0.2, 0.25) is 0 Å². The molecule has 0 amide bonds. The van der Waals surface area contributed by atoms with Crippen molar-refractivity contribution in [2.75, 3.05) is 0 Å². The van der Waals surface area contributed by atoms with Crippen molar-refractivity contribution in [2.24, 2.45) is 17.8 Å². The largest absolute Gasteiger partial charge is 0.0741 e. The summed E-state index contributed by atoms with van der Waals surface area (Å²) in [6.45, 7) is 16.3. The van der Waals surface area contributed by atoms with E-state index in [1.165, 1.54) is 19.3 Å². The van der Waals surface area contributed by atoms with Crippen LogP contribution in [0.3, 0.4) is 0 Å². The molecule has 15 heavy (non-hydrogen) atoms. The minimum Gasteiger partial charge on any atom is -0.0741 e. The lowest BCUT2D eigenvalue weighted by atomic mass is 9.84. The van der Waals surface area contributed by atoms with Crippen LogP contribution in [0.15, 0.2) is 11.1 Å². The van der Waals surface area contributed by atoms with E-state index < -0.39 is 0 Å². The Balaban J connectivity index is 4.35. The highest BCUT2D eigenvalue weighted by atomic mass is 14.2. The molecule has 2 unspecified atom stereocenters. The molecule has 0 aromatic rings. The highest BCUT2D eigenvalue weighted by molar-refractivity contribution is 5.13. The predicted octanol–water partition coefficient (Wildman–Crippen LogP) is 5.44. The van der Waals surface area contributed by atoms with Gasteiger partial charge in [-0.2, -0.15) is 0 Å². The van der Waals surface area contributed by atoms with Crippen LogP contribution in [0.4, 0.5) is 0 Å². The Kier molecular flexibility index (Phi) is 6.96. The number of hydrogen-bond acceptors (Lipinski definition) is 0. The van der Waals surface area contributed by atoms with Crippen molar-refractivity contribution in [1.29, 1.82) is 0 Å². The van der Waals surface area contributed by atoms with Crippen LogP contribution in [0, 0.1) is 17.8 Å². The third kappa shape index (κ3) is 5.39. The molecule has 2 atom stereocenters. The highest BCUT2D eigenvalue weighted by Crippen LogP contribution is 2.27. The second-order valence-electron chi connectivity index (χ2n) is 5.57. The van der Waals surface area contributed by atoms with Gasteiger partial charge < -0.3 is 0 Å². The maximum absolute atomic E-state index is 2.38. The number of rotatable bonds is 6. The predicted molar refractivity (Wildman–Crippen MR) is 71.1 cm³/mol. The van der Waals surface area contributed by atoms with Crippen molar-refractivity contribution in [3.05, 3.63) is 11.1 Å². The lowest BCUT2D eigenvalue weighted by molar-refractivity contribution is 0.422. The Morgan fingerprint density at radius 2 is 1.53 bits per heavy atom. The van der Waals surface area contributed by atoms with Gasteiger partial charge in [0.25, 0.3) is 0 Å². The lowest BCUT2D eigenvalue weighted by Gasteiger charge is -2.22. The quantitative estimate of drug-likeness (QED) is 0.512. The summed E-state index contributed by atoms with van der Waals surface area (Å²) >= 11 is 0. The molecule has 90 valence electrons. The molecule has 0 spiro atoms. The first-order valence-electron chi connectivity index (χ1n) is 6.56. The zero-order valence-corrected chi connectivity index (χ0v) is 11.9. The van der Waals surface area contributed by atoms with Gasteiger partial charge >= 0.3 is 0 Å². The van der Waals surface area contributed by atoms with Crippen LogP contribution in [0.25, 0.3) is 0 Å². The van der Waals surface area contributed by atoms with E-state index in [0.717, 1.165) is 17.8 Å². The Hall–Kier alpha value is -0.260. The van der Waals surface area contributed by atoms with Crippen molar-refractivity contribution >= 4 is 0 Å². The van der Waals surface area contributed by atoms with Gasteiger partial charge in [-0.3, -0.25) is 0 Å². The summed E-state index contributed by atoms with van der Waals surface area (Å²) in [6, 6.07) is 0. The van der Waals surface area contributed by atoms with E-state index in [-0.39, 0.29) is 0 Å². The maximum atomic E-state index is 2.38. The molecule has 0 saturated heterocycles. The molecule has 0 bridgehead atoms. The van der Waals surface area contributed by atoms with E-state index in [2.05, 4.69) is 48.5 Å². The molecule has 0 heterocycles. The van der Waals surface area contributed by atoms with E-state index in [4.69, 9.17) is 0 Å². The van der Waals surface area contributed by atoms with E-state index in [1.807, 2.05) is 0 Å². The summed E-state index contributed by atoms with van der Waals surface area (Å²) in [7, 11) is 0. The molecule has 0 N–H and O–H groups in total. The average Bonchev–Trinajstić information content (AvgIpc) is 2.22. The molecule has 0 rings (SSSR count). The summed E-state index contributed by atoms with van der Waals surface area (Å²) in [4.78, 5) is 0. The SMILES string of the molecule is CCC(C)C(C)C(C)=C(C)CCC(C)C. The summed E-state index contributed by atoms with van der Waals surface area (Å²) in [5.41, 5.74) is 3.25. The van der Waals surface area contributed by atoms with Gasteiger partial charge in [0.1, 0.15) is 0 Å². The van der Waals surface area contributed by atoms with Crippen molar-refractivity contribution in [3.8, 4) is 0 Å². The van der Waals surface area contributed by atoms with Gasteiger partial charge in [-0.05, 0) is 44.4 Å². The summed E-state index contributed by atoms with van der Waals surface area (Å²) in [6.07, 6.45) is 3.90. The monoisotopic (exact) mass is 210 g/mol. The summed E-state index contributed by atoms with van der Waals surface area (Å²) in [5, 5.41) is 0. The molecule has 0 heteroatoms. The third-order valence-electron chi connectivity index (χ3n) is 3.95. The molecule has 0 aliphatic carbocycles.